The van der Waals surface area contributed by atoms with Crippen LogP contribution in [0.5, 0.6) is 0 Å². The second kappa shape index (κ2) is 2.27. The van der Waals surface area contributed by atoms with Crippen LogP contribution in [0.25, 0.3) is 0 Å². The number of nitriles is 1. The van der Waals surface area contributed by atoms with E-state index in [-0.39, 0.29) is 5.75 Å². The van der Waals surface area contributed by atoms with Crippen molar-refractivity contribution in [2.24, 2.45) is 0 Å². The maximum absolute atomic E-state index is 10.7. The lowest BCUT2D eigenvalue weighted by Crippen LogP contribution is -2.03. The van der Waals surface area contributed by atoms with Crippen molar-refractivity contribution in [3.8, 4) is 6.07 Å². The van der Waals surface area contributed by atoms with E-state index >= 15 is 0 Å². The predicted octanol–water partition coefficient (Wildman–Crippen LogP) is 0.378. The van der Waals surface area contributed by atoms with Crippen LogP contribution in [0.3, 0.4) is 0 Å². The summed E-state index contributed by atoms with van der Waals surface area (Å²) in [6.07, 6.45) is 2.70. The van der Waals surface area contributed by atoms with Crippen LogP contribution >= 0.6 is 0 Å². The first-order valence-electron chi connectivity index (χ1n) is 2.65. The minimum atomic E-state index is -3.03. The van der Waals surface area contributed by atoms with Gasteiger partial charge in [0.2, 0.25) is 0 Å². The van der Waals surface area contributed by atoms with Crippen molar-refractivity contribution in [1.82, 2.24) is 0 Å². The van der Waals surface area contributed by atoms with Gasteiger partial charge in [-0.25, -0.2) is 8.42 Å². The summed E-state index contributed by atoms with van der Waals surface area (Å²) in [7, 11) is -3.03. The minimum Gasteiger partial charge on any atom is -0.224 e. The molecule has 0 atom stereocenters. The third-order valence-electron chi connectivity index (χ3n) is 1.12. The summed E-state index contributed by atoms with van der Waals surface area (Å²) in [5.74, 6) is -0.0492. The zero-order valence-electron chi connectivity index (χ0n) is 5.11. The molecule has 0 unspecified atom stereocenters. The molecule has 1 aliphatic heterocycles. The average molecular weight is 155 g/mol. The van der Waals surface area contributed by atoms with Gasteiger partial charge in [0.1, 0.15) is 0 Å². The lowest BCUT2D eigenvalue weighted by atomic mass is 10.3. The number of hydrogen-bond donors (Lipinski definition) is 0. The fraction of sp³-hybridized carbons (Fsp3) is 0.167. The Balaban J connectivity index is 2.96. The van der Waals surface area contributed by atoms with Gasteiger partial charge >= 0.3 is 0 Å². The van der Waals surface area contributed by atoms with Gasteiger partial charge in [-0.1, -0.05) is 6.08 Å². The van der Waals surface area contributed by atoms with Crippen LogP contribution < -0.4 is 0 Å². The van der Waals surface area contributed by atoms with Crippen molar-refractivity contribution < 1.29 is 8.42 Å². The van der Waals surface area contributed by atoms with Crippen LogP contribution in [0.15, 0.2) is 23.1 Å². The van der Waals surface area contributed by atoms with Crippen molar-refractivity contribution in [2.75, 3.05) is 5.75 Å². The van der Waals surface area contributed by atoms with Crippen LogP contribution in [0.2, 0.25) is 0 Å². The molecule has 0 amide bonds. The quantitative estimate of drug-likeness (QED) is 0.508. The van der Waals surface area contributed by atoms with Crippen molar-refractivity contribution in [3.05, 3.63) is 23.1 Å². The van der Waals surface area contributed by atoms with E-state index in [1.807, 2.05) is 6.07 Å². The van der Waals surface area contributed by atoms with E-state index < -0.39 is 9.84 Å². The van der Waals surface area contributed by atoms with Gasteiger partial charge in [-0.05, 0) is 6.08 Å². The fourth-order valence-corrected chi connectivity index (χ4v) is 1.47. The molecule has 0 saturated heterocycles. The largest absolute Gasteiger partial charge is 0.224 e. The Labute approximate surface area is 59.2 Å². The highest BCUT2D eigenvalue weighted by molar-refractivity contribution is 7.94. The van der Waals surface area contributed by atoms with Gasteiger partial charge in [0.15, 0.2) is 9.84 Å². The fourth-order valence-electron chi connectivity index (χ4n) is 0.589. The van der Waals surface area contributed by atoms with Gasteiger partial charge in [-0.15, -0.1) is 0 Å². The molecule has 1 heterocycles. The Hall–Kier alpha value is -1.08. The van der Waals surface area contributed by atoms with Crippen LogP contribution in [0.1, 0.15) is 0 Å². The van der Waals surface area contributed by atoms with E-state index in [9.17, 15) is 8.42 Å². The lowest BCUT2D eigenvalue weighted by Gasteiger charge is -1.98. The van der Waals surface area contributed by atoms with Crippen LogP contribution in [0, 0.1) is 11.3 Å². The van der Waals surface area contributed by atoms with Gasteiger partial charge < -0.3 is 0 Å². The van der Waals surface area contributed by atoms with Gasteiger partial charge in [0, 0.05) is 11.0 Å². The zero-order valence-corrected chi connectivity index (χ0v) is 5.93. The van der Waals surface area contributed by atoms with Crippen molar-refractivity contribution in [1.29, 1.82) is 5.26 Å². The summed E-state index contributed by atoms with van der Waals surface area (Å²) in [5, 5.41) is 9.36. The summed E-state index contributed by atoms with van der Waals surface area (Å²) in [5.41, 5.74) is 0.412. The smallest absolute Gasteiger partial charge is 0.175 e. The topological polar surface area (TPSA) is 57.9 Å². The highest BCUT2D eigenvalue weighted by Crippen LogP contribution is 2.06. The van der Waals surface area contributed by atoms with Crippen molar-refractivity contribution in [2.45, 2.75) is 0 Å². The second-order valence-corrected chi connectivity index (χ2v) is 3.83. The average Bonchev–Trinajstić information content (AvgIpc) is 1.88. The molecule has 0 N–H and O–H groups in total. The number of sulfone groups is 1. The lowest BCUT2D eigenvalue weighted by molar-refractivity contribution is 0.607. The molecule has 0 aliphatic carbocycles. The monoisotopic (exact) mass is 155 g/mol. The van der Waals surface area contributed by atoms with Gasteiger partial charge in [-0.2, -0.15) is 5.26 Å². The van der Waals surface area contributed by atoms with Gasteiger partial charge in [0.05, 0.1) is 11.8 Å². The number of nitrogens with zero attached hydrogens (tertiary/aromatic N) is 1. The molecule has 0 bridgehead atoms. The molecule has 0 spiro atoms. The molecule has 4 heteroatoms. The third kappa shape index (κ3) is 1.45. The molecule has 0 aromatic rings. The van der Waals surface area contributed by atoms with E-state index in [2.05, 4.69) is 0 Å². The third-order valence-corrected chi connectivity index (χ3v) is 2.30. The molecule has 52 valence electrons. The SMILES string of the molecule is N#CC1=CCS(=O)(=O)C=C1. The molecule has 0 aromatic carbocycles. The molecule has 0 aromatic heterocycles. The summed E-state index contributed by atoms with van der Waals surface area (Å²) in [6, 6.07) is 1.85. The first kappa shape index (κ1) is 7.03. The number of rotatable bonds is 0. The highest BCUT2D eigenvalue weighted by atomic mass is 32.2. The Bertz CT molecular complexity index is 329. The molecule has 10 heavy (non-hydrogen) atoms. The Morgan fingerprint density at radius 1 is 1.60 bits per heavy atom. The zero-order chi connectivity index (χ0) is 7.61. The standard InChI is InChI=1S/C6H5NO2S/c7-5-6-1-3-10(8,9)4-2-6/h1-3H,4H2. The Kier molecular flexibility index (Phi) is 1.60. The number of hydrogen-bond acceptors (Lipinski definition) is 3. The van der Waals surface area contributed by atoms with Gasteiger partial charge in [-0.3, -0.25) is 0 Å². The predicted molar refractivity (Wildman–Crippen MR) is 36.6 cm³/mol. The first-order valence-corrected chi connectivity index (χ1v) is 4.37. The van der Waals surface area contributed by atoms with Crippen LogP contribution in [0.4, 0.5) is 0 Å². The molecular formula is C6H5NO2S. The summed E-state index contributed by atoms with van der Waals surface area (Å²) in [6.45, 7) is 0. The highest BCUT2D eigenvalue weighted by Gasteiger charge is 2.08. The maximum Gasteiger partial charge on any atom is 0.175 e. The molecule has 0 saturated carbocycles. The molecule has 0 fully saturated rings. The van der Waals surface area contributed by atoms with E-state index in [1.165, 1.54) is 12.2 Å². The van der Waals surface area contributed by atoms with Crippen LogP contribution in [-0.2, 0) is 9.84 Å². The van der Waals surface area contributed by atoms with E-state index in [0.717, 1.165) is 5.41 Å². The van der Waals surface area contributed by atoms with E-state index in [4.69, 9.17) is 5.26 Å². The number of allylic oxidation sites excluding steroid dienone is 2. The summed E-state index contributed by atoms with van der Waals surface area (Å²) < 4.78 is 21.3. The van der Waals surface area contributed by atoms with Gasteiger partial charge in [0.25, 0.3) is 0 Å². The first-order chi connectivity index (χ1) is 4.64. The maximum atomic E-state index is 10.7. The second-order valence-electron chi connectivity index (χ2n) is 1.90. The van der Waals surface area contributed by atoms with Crippen LogP contribution in [-0.4, -0.2) is 14.2 Å². The normalized spacial score (nSPS) is 21.3. The Morgan fingerprint density at radius 3 is 2.70 bits per heavy atom. The summed E-state index contributed by atoms with van der Waals surface area (Å²) >= 11 is 0. The summed E-state index contributed by atoms with van der Waals surface area (Å²) in [4.78, 5) is 0. The molecule has 3 nitrogen and oxygen atoms in total. The van der Waals surface area contributed by atoms with Crippen molar-refractivity contribution >= 4 is 9.84 Å². The molecule has 1 aliphatic rings. The molecule has 0 radical (unpaired) electrons. The molecular weight excluding hydrogens is 150 g/mol. The van der Waals surface area contributed by atoms with E-state index in [1.54, 1.807) is 0 Å². The van der Waals surface area contributed by atoms with Crippen molar-refractivity contribution in [3.63, 3.8) is 0 Å². The Morgan fingerprint density at radius 2 is 2.30 bits per heavy atom. The molecule has 1 rings (SSSR count). The minimum absolute atomic E-state index is 0.0492. The van der Waals surface area contributed by atoms with E-state index in [0.29, 0.717) is 5.57 Å².